The number of hydrogen-bond acceptors (Lipinski definition) is 8. The second-order valence-corrected chi connectivity index (χ2v) is 11.4. The Bertz CT molecular complexity index is 1560. The Morgan fingerprint density at radius 2 is 1.98 bits per heavy atom. The predicted molar refractivity (Wildman–Crippen MR) is 163 cm³/mol. The summed E-state index contributed by atoms with van der Waals surface area (Å²) < 4.78 is 51.4. The Kier molecular flexibility index (Phi) is 9.77. The number of carbonyl (C=O) groups is 1. The summed E-state index contributed by atoms with van der Waals surface area (Å²) in [5, 5.41) is 12.7. The lowest BCUT2D eigenvalue weighted by Crippen LogP contribution is -2.47. The number of alkyl halides is 3. The van der Waals surface area contributed by atoms with Crippen molar-refractivity contribution in [2.45, 2.75) is 63.9 Å². The number of hydrogen-bond donors (Lipinski definition) is 1. The van der Waals surface area contributed by atoms with Gasteiger partial charge in [-0.3, -0.25) is 4.79 Å². The number of aromatic nitrogens is 2. The van der Waals surface area contributed by atoms with Gasteiger partial charge in [0.1, 0.15) is 17.9 Å². The van der Waals surface area contributed by atoms with E-state index in [1.54, 1.807) is 12.3 Å². The highest BCUT2D eigenvalue weighted by Crippen LogP contribution is 2.36. The van der Waals surface area contributed by atoms with Gasteiger partial charge in [-0.25, -0.2) is 9.97 Å². The van der Waals surface area contributed by atoms with E-state index in [-0.39, 0.29) is 35.4 Å². The molecule has 1 aromatic carbocycles. The highest BCUT2D eigenvalue weighted by atomic mass is 19.4. The van der Waals surface area contributed by atoms with Crippen molar-refractivity contribution in [3.8, 4) is 29.0 Å². The van der Waals surface area contributed by atoms with Gasteiger partial charge in [-0.05, 0) is 75.8 Å². The first-order chi connectivity index (χ1) is 21.6. The van der Waals surface area contributed by atoms with Gasteiger partial charge in [0.05, 0.1) is 34.7 Å². The number of benzene rings is 1. The zero-order chi connectivity index (χ0) is 32.1. The lowest BCUT2D eigenvalue weighted by atomic mass is 9.95. The molecule has 0 bridgehead atoms. The van der Waals surface area contributed by atoms with Crippen molar-refractivity contribution in [3.05, 3.63) is 65.5 Å². The van der Waals surface area contributed by atoms with Crippen LogP contribution in [0.3, 0.4) is 0 Å². The Morgan fingerprint density at radius 3 is 2.67 bits per heavy atom. The van der Waals surface area contributed by atoms with Crippen LogP contribution < -0.4 is 19.7 Å². The number of nitriles is 1. The van der Waals surface area contributed by atoms with Gasteiger partial charge in [0.15, 0.2) is 5.69 Å². The number of piperidine rings is 1. The zero-order valence-corrected chi connectivity index (χ0v) is 25.6. The maximum Gasteiger partial charge on any atom is 0.416 e. The number of pyridine rings is 2. The van der Waals surface area contributed by atoms with Crippen molar-refractivity contribution >= 4 is 11.6 Å². The normalized spacial score (nSPS) is 20.5. The van der Waals surface area contributed by atoms with E-state index in [0.29, 0.717) is 54.5 Å². The van der Waals surface area contributed by atoms with Crippen LogP contribution in [0.25, 0.3) is 11.3 Å². The quantitative estimate of drug-likeness (QED) is 0.325. The van der Waals surface area contributed by atoms with Crippen LogP contribution in [0.5, 0.6) is 11.6 Å². The first-order valence-corrected chi connectivity index (χ1v) is 15.2. The number of anilines is 1. The van der Waals surface area contributed by atoms with Gasteiger partial charge in [-0.15, -0.1) is 0 Å². The van der Waals surface area contributed by atoms with Crippen LogP contribution in [0.1, 0.15) is 61.1 Å². The SMILES string of the molecule is CCOc1ncccc1-c1ccc(N2CC[C@H](Oc3ccc(C(F)(F)F)cc3C#N)C[C@@H]2CC)c(C(=O)N[C@@H]2CCN(C)C2)n1. The second kappa shape index (κ2) is 13.7. The van der Waals surface area contributed by atoms with Crippen LogP contribution in [-0.2, 0) is 6.18 Å². The number of likely N-dealkylation sites (tertiary alicyclic amines) is 1. The molecule has 2 saturated heterocycles. The van der Waals surface area contributed by atoms with Crippen molar-refractivity contribution in [1.82, 2.24) is 20.2 Å². The Hall–Kier alpha value is -4.37. The number of halogens is 3. The van der Waals surface area contributed by atoms with Crippen LogP contribution in [0.4, 0.5) is 18.9 Å². The van der Waals surface area contributed by atoms with Crippen molar-refractivity contribution in [3.63, 3.8) is 0 Å². The Labute approximate surface area is 261 Å². The number of likely N-dealkylation sites (N-methyl/N-ethyl adjacent to an activating group) is 1. The minimum atomic E-state index is -4.55. The van der Waals surface area contributed by atoms with Crippen LogP contribution in [0.2, 0.25) is 0 Å². The van der Waals surface area contributed by atoms with E-state index in [9.17, 15) is 23.2 Å². The molecule has 3 atom stereocenters. The standard InChI is InChI=1S/C33H37F3N6O3/c1-4-24-18-25(45-29-11-8-22(33(34,35)36)17-21(29)19-37)13-16-42(24)28-10-9-27(26-7-6-14-38-32(26)44-5-2)40-30(28)31(43)39-23-12-15-41(3)20-23/h6-11,14,17,23-25H,4-5,12-13,15-16,18,20H2,1-3H3,(H,39,43)/t23-,24+,25+/m1/s1. The summed E-state index contributed by atoms with van der Waals surface area (Å²) in [7, 11) is 2.02. The van der Waals surface area contributed by atoms with Crippen molar-refractivity contribution in [2.75, 3.05) is 38.2 Å². The van der Waals surface area contributed by atoms with E-state index in [1.807, 2.05) is 45.2 Å². The molecule has 2 aromatic heterocycles. The lowest BCUT2D eigenvalue weighted by Gasteiger charge is -2.41. The summed E-state index contributed by atoms with van der Waals surface area (Å²) in [6, 6.07) is 12.2. The van der Waals surface area contributed by atoms with E-state index in [0.717, 1.165) is 38.1 Å². The summed E-state index contributed by atoms with van der Waals surface area (Å²) in [5.74, 6) is 0.312. The average Bonchev–Trinajstić information content (AvgIpc) is 3.44. The summed E-state index contributed by atoms with van der Waals surface area (Å²) in [6.45, 7) is 6.53. The molecule has 1 N–H and O–H groups in total. The van der Waals surface area contributed by atoms with Gasteiger partial charge in [0.2, 0.25) is 5.88 Å². The van der Waals surface area contributed by atoms with E-state index in [4.69, 9.17) is 14.5 Å². The fourth-order valence-corrected chi connectivity index (χ4v) is 6.05. The first-order valence-electron chi connectivity index (χ1n) is 15.2. The largest absolute Gasteiger partial charge is 0.489 e. The molecule has 0 radical (unpaired) electrons. The highest BCUT2D eigenvalue weighted by molar-refractivity contribution is 5.99. The number of nitrogens with zero attached hydrogens (tertiary/aromatic N) is 5. The van der Waals surface area contributed by atoms with Crippen molar-refractivity contribution in [2.24, 2.45) is 0 Å². The van der Waals surface area contributed by atoms with E-state index in [1.165, 1.54) is 6.07 Å². The summed E-state index contributed by atoms with van der Waals surface area (Å²) in [5.41, 5.74) is 1.21. The highest BCUT2D eigenvalue weighted by Gasteiger charge is 2.34. The van der Waals surface area contributed by atoms with Gasteiger partial charge in [0.25, 0.3) is 5.91 Å². The third kappa shape index (κ3) is 7.31. The molecule has 12 heteroatoms. The number of ether oxygens (including phenoxy) is 2. The van der Waals surface area contributed by atoms with Gasteiger partial charge in [-0.2, -0.15) is 18.4 Å². The summed E-state index contributed by atoms with van der Waals surface area (Å²) in [4.78, 5) is 27.4. The Balaban J connectivity index is 1.42. The molecule has 2 fully saturated rings. The van der Waals surface area contributed by atoms with Gasteiger partial charge in [0, 0.05) is 44.2 Å². The molecule has 9 nitrogen and oxygen atoms in total. The van der Waals surface area contributed by atoms with Crippen LogP contribution in [-0.4, -0.2) is 72.3 Å². The predicted octanol–water partition coefficient (Wildman–Crippen LogP) is 5.69. The lowest BCUT2D eigenvalue weighted by molar-refractivity contribution is -0.137. The van der Waals surface area contributed by atoms with Gasteiger partial charge < -0.3 is 24.6 Å². The first kappa shape index (κ1) is 32.0. The maximum absolute atomic E-state index is 13.8. The molecule has 3 aromatic rings. The molecule has 0 unspecified atom stereocenters. The zero-order valence-electron chi connectivity index (χ0n) is 25.6. The molecule has 0 aliphatic carbocycles. The third-order valence-electron chi connectivity index (χ3n) is 8.31. The molecule has 2 aliphatic rings. The van der Waals surface area contributed by atoms with E-state index >= 15 is 0 Å². The van der Waals surface area contributed by atoms with E-state index < -0.39 is 11.7 Å². The van der Waals surface area contributed by atoms with Crippen LogP contribution >= 0.6 is 0 Å². The summed E-state index contributed by atoms with van der Waals surface area (Å²) in [6.07, 6.45) is -0.557. The van der Waals surface area contributed by atoms with Gasteiger partial charge in [-0.1, -0.05) is 6.92 Å². The third-order valence-corrected chi connectivity index (χ3v) is 8.31. The number of nitrogens with one attached hydrogen (secondary N) is 1. The molecular formula is C33H37F3N6O3. The molecule has 238 valence electrons. The average molecular weight is 623 g/mol. The molecule has 4 heterocycles. The van der Waals surface area contributed by atoms with Crippen LogP contribution in [0, 0.1) is 11.3 Å². The molecule has 45 heavy (non-hydrogen) atoms. The Morgan fingerprint density at radius 1 is 1.16 bits per heavy atom. The maximum atomic E-state index is 13.8. The monoisotopic (exact) mass is 622 g/mol. The number of rotatable bonds is 9. The molecule has 0 spiro atoms. The number of carbonyl (C=O) groups excluding carboxylic acids is 1. The van der Waals surface area contributed by atoms with E-state index in [2.05, 4.69) is 20.1 Å². The van der Waals surface area contributed by atoms with Crippen LogP contribution in [0.15, 0.2) is 48.7 Å². The minimum Gasteiger partial charge on any atom is -0.489 e. The minimum absolute atomic E-state index is 0.0114. The molecule has 5 rings (SSSR count). The van der Waals surface area contributed by atoms with Gasteiger partial charge >= 0.3 is 6.18 Å². The van der Waals surface area contributed by atoms with Crippen molar-refractivity contribution < 1.29 is 27.4 Å². The fourth-order valence-electron chi connectivity index (χ4n) is 6.05. The fraction of sp³-hybridized carbons (Fsp3) is 0.455. The smallest absolute Gasteiger partial charge is 0.416 e. The number of amides is 1. The second-order valence-electron chi connectivity index (χ2n) is 11.4. The summed E-state index contributed by atoms with van der Waals surface area (Å²) >= 11 is 0. The molecule has 2 aliphatic heterocycles. The molecule has 1 amide bonds. The topological polar surface area (TPSA) is 104 Å². The molecule has 0 saturated carbocycles. The van der Waals surface area contributed by atoms with Crippen molar-refractivity contribution in [1.29, 1.82) is 5.26 Å². The molecular weight excluding hydrogens is 585 g/mol.